The SMILES string of the molecule is CC(C)C1(C)NC(=O)N(c2ccccc2)C1=NC(=O)c1ccc(F)cc1. The lowest BCUT2D eigenvalue weighted by atomic mass is 9.88. The number of carbonyl (C=O) groups excluding carboxylic acids is 2. The molecule has 26 heavy (non-hydrogen) atoms. The third-order valence-electron chi connectivity index (χ3n) is 4.71. The minimum absolute atomic E-state index is 0.0000648. The van der Waals surface area contributed by atoms with E-state index in [9.17, 15) is 14.0 Å². The first-order valence-electron chi connectivity index (χ1n) is 8.39. The van der Waals surface area contributed by atoms with Gasteiger partial charge < -0.3 is 5.32 Å². The van der Waals surface area contributed by atoms with Gasteiger partial charge in [0.2, 0.25) is 0 Å². The number of amidine groups is 1. The van der Waals surface area contributed by atoms with Gasteiger partial charge in [-0.3, -0.25) is 4.79 Å². The van der Waals surface area contributed by atoms with Crippen LogP contribution in [0.25, 0.3) is 0 Å². The minimum Gasteiger partial charge on any atom is -0.325 e. The van der Waals surface area contributed by atoms with Gasteiger partial charge in [0.15, 0.2) is 0 Å². The highest BCUT2D eigenvalue weighted by Gasteiger charge is 2.48. The summed E-state index contributed by atoms with van der Waals surface area (Å²) in [5.41, 5.74) is 0.0835. The number of hydrogen-bond donors (Lipinski definition) is 1. The molecule has 1 N–H and O–H groups in total. The Morgan fingerprint density at radius 1 is 1.12 bits per heavy atom. The van der Waals surface area contributed by atoms with Crippen LogP contribution in [0.5, 0.6) is 0 Å². The van der Waals surface area contributed by atoms with Gasteiger partial charge in [-0.1, -0.05) is 32.0 Å². The van der Waals surface area contributed by atoms with E-state index in [4.69, 9.17) is 0 Å². The second-order valence-electron chi connectivity index (χ2n) is 6.71. The van der Waals surface area contributed by atoms with Gasteiger partial charge in [0, 0.05) is 5.56 Å². The first-order valence-corrected chi connectivity index (χ1v) is 8.39. The summed E-state index contributed by atoms with van der Waals surface area (Å²) in [5.74, 6) is -0.618. The molecule has 0 aliphatic carbocycles. The quantitative estimate of drug-likeness (QED) is 0.906. The lowest BCUT2D eigenvalue weighted by molar-refractivity contribution is 0.100. The standard InChI is InChI=1S/C20H20FN3O2/c1-13(2)20(3)18(22-17(25)14-9-11-15(21)12-10-14)24(19(26)23-20)16-7-5-4-6-8-16/h4-13H,1-3H3,(H,23,26). The summed E-state index contributed by atoms with van der Waals surface area (Å²) in [7, 11) is 0. The van der Waals surface area contributed by atoms with Crippen LogP contribution in [0, 0.1) is 11.7 Å². The van der Waals surface area contributed by atoms with Gasteiger partial charge in [-0.05, 0) is 49.2 Å². The minimum atomic E-state index is -0.803. The second-order valence-corrected chi connectivity index (χ2v) is 6.71. The van der Waals surface area contributed by atoms with E-state index in [0.717, 1.165) is 0 Å². The Bertz CT molecular complexity index is 862. The molecule has 0 aromatic heterocycles. The molecule has 1 aliphatic rings. The molecule has 1 atom stereocenters. The molecule has 0 bridgehead atoms. The highest BCUT2D eigenvalue weighted by atomic mass is 19.1. The number of carbonyl (C=O) groups is 2. The van der Waals surface area contributed by atoms with Crippen molar-refractivity contribution in [3.63, 3.8) is 0 Å². The summed E-state index contributed by atoms with van der Waals surface area (Å²) in [4.78, 5) is 30.9. The van der Waals surface area contributed by atoms with Crippen LogP contribution < -0.4 is 10.2 Å². The Hall–Kier alpha value is -3.02. The van der Waals surface area contributed by atoms with E-state index in [0.29, 0.717) is 11.5 Å². The number of nitrogens with one attached hydrogen (secondary N) is 1. The van der Waals surface area contributed by atoms with E-state index in [1.165, 1.54) is 29.2 Å². The van der Waals surface area contributed by atoms with Crippen LogP contribution >= 0.6 is 0 Å². The van der Waals surface area contributed by atoms with Crippen molar-refractivity contribution in [2.45, 2.75) is 26.3 Å². The lowest BCUT2D eigenvalue weighted by Crippen LogP contribution is -2.49. The van der Waals surface area contributed by atoms with E-state index < -0.39 is 17.3 Å². The molecular weight excluding hydrogens is 333 g/mol. The molecule has 0 saturated carbocycles. The first kappa shape index (κ1) is 17.8. The van der Waals surface area contributed by atoms with Gasteiger partial charge in [0.25, 0.3) is 5.91 Å². The van der Waals surface area contributed by atoms with Crippen LogP contribution in [-0.2, 0) is 0 Å². The van der Waals surface area contributed by atoms with Crippen molar-refractivity contribution in [3.8, 4) is 0 Å². The third-order valence-corrected chi connectivity index (χ3v) is 4.71. The van der Waals surface area contributed by atoms with Gasteiger partial charge in [0.05, 0.1) is 11.2 Å². The molecule has 0 spiro atoms. The number of hydrogen-bond acceptors (Lipinski definition) is 2. The second kappa shape index (κ2) is 6.71. The van der Waals surface area contributed by atoms with Crippen LogP contribution in [0.4, 0.5) is 14.9 Å². The number of halogens is 1. The summed E-state index contributed by atoms with van der Waals surface area (Å²) in [5, 5.41) is 2.94. The molecule has 134 valence electrons. The van der Waals surface area contributed by atoms with Gasteiger partial charge in [-0.15, -0.1) is 0 Å². The summed E-state index contributed by atoms with van der Waals surface area (Å²) in [6.07, 6.45) is 0. The predicted octanol–water partition coefficient (Wildman–Crippen LogP) is 4.01. The molecule has 1 heterocycles. The molecule has 1 aliphatic heterocycles. The molecule has 2 aromatic rings. The van der Waals surface area contributed by atoms with E-state index >= 15 is 0 Å². The molecular formula is C20H20FN3O2. The maximum absolute atomic E-state index is 13.1. The number of para-hydroxylation sites is 1. The summed E-state index contributed by atoms with van der Waals surface area (Å²) in [6, 6.07) is 13.9. The molecule has 5 nitrogen and oxygen atoms in total. The molecule has 0 radical (unpaired) electrons. The number of rotatable bonds is 3. The Kier molecular flexibility index (Phi) is 4.59. The number of aliphatic imine (C=N–C) groups is 1. The fourth-order valence-corrected chi connectivity index (χ4v) is 2.80. The van der Waals surface area contributed by atoms with Crippen LogP contribution in [0.15, 0.2) is 59.6 Å². The van der Waals surface area contributed by atoms with Crippen molar-refractivity contribution in [1.29, 1.82) is 0 Å². The summed E-state index contributed by atoms with van der Waals surface area (Å²) in [6.45, 7) is 5.74. The summed E-state index contributed by atoms with van der Waals surface area (Å²) >= 11 is 0. The average molecular weight is 353 g/mol. The van der Waals surface area contributed by atoms with E-state index in [1.54, 1.807) is 12.1 Å². The smallest absolute Gasteiger partial charge is 0.325 e. The molecule has 6 heteroatoms. The zero-order chi connectivity index (χ0) is 18.9. The number of amides is 3. The number of anilines is 1. The molecule has 2 aromatic carbocycles. The molecule has 1 fully saturated rings. The van der Waals surface area contributed by atoms with Crippen LogP contribution in [-0.4, -0.2) is 23.3 Å². The average Bonchev–Trinajstić information content (AvgIpc) is 2.87. The maximum atomic E-state index is 13.1. The van der Waals surface area contributed by atoms with Crippen molar-refractivity contribution in [2.75, 3.05) is 4.90 Å². The van der Waals surface area contributed by atoms with Gasteiger partial charge >= 0.3 is 6.03 Å². The van der Waals surface area contributed by atoms with E-state index in [-0.39, 0.29) is 17.5 Å². The molecule has 1 saturated heterocycles. The normalized spacial score (nSPS) is 21.3. The van der Waals surface area contributed by atoms with Crippen molar-refractivity contribution < 1.29 is 14.0 Å². The Labute approximate surface area is 151 Å². The van der Waals surface area contributed by atoms with Crippen LogP contribution in [0.2, 0.25) is 0 Å². The topological polar surface area (TPSA) is 61.8 Å². The van der Waals surface area contributed by atoms with Gasteiger partial charge in [-0.25, -0.2) is 14.1 Å². The third kappa shape index (κ3) is 3.10. The van der Waals surface area contributed by atoms with Crippen molar-refractivity contribution >= 4 is 23.5 Å². The fraction of sp³-hybridized carbons (Fsp3) is 0.250. The Morgan fingerprint density at radius 2 is 1.73 bits per heavy atom. The summed E-state index contributed by atoms with van der Waals surface area (Å²) < 4.78 is 13.1. The van der Waals surface area contributed by atoms with Crippen molar-refractivity contribution in [1.82, 2.24) is 5.32 Å². The highest BCUT2D eigenvalue weighted by molar-refractivity contribution is 6.28. The Balaban J connectivity index is 2.09. The number of nitrogens with zero attached hydrogens (tertiary/aromatic N) is 2. The maximum Gasteiger partial charge on any atom is 0.328 e. The van der Waals surface area contributed by atoms with Gasteiger partial charge in [0.1, 0.15) is 11.7 Å². The molecule has 3 rings (SSSR count). The molecule has 1 unspecified atom stereocenters. The highest BCUT2D eigenvalue weighted by Crippen LogP contribution is 2.31. The number of benzene rings is 2. The van der Waals surface area contributed by atoms with Crippen molar-refractivity contribution in [3.05, 3.63) is 66.0 Å². The van der Waals surface area contributed by atoms with Gasteiger partial charge in [-0.2, -0.15) is 4.99 Å². The van der Waals surface area contributed by atoms with Crippen molar-refractivity contribution in [2.24, 2.45) is 10.9 Å². The van der Waals surface area contributed by atoms with E-state index in [2.05, 4.69) is 10.3 Å². The zero-order valence-electron chi connectivity index (χ0n) is 14.9. The largest absolute Gasteiger partial charge is 0.328 e. The first-order chi connectivity index (χ1) is 12.3. The number of urea groups is 1. The molecule has 3 amide bonds. The fourth-order valence-electron chi connectivity index (χ4n) is 2.80. The lowest BCUT2D eigenvalue weighted by Gasteiger charge is -2.29. The van der Waals surface area contributed by atoms with E-state index in [1.807, 2.05) is 39.0 Å². The Morgan fingerprint density at radius 3 is 2.31 bits per heavy atom. The predicted molar refractivity (Wildman–Crippen MR) is 98.9 cm³/mol. The van der Waals surface area contributed by atoms with Crippen LogP contribution in [0.3, 0.4) is 0 Å². The zero-order valence-corrected chi connectivity index (χ0v) is 14.9. The van der Waals surface area contributed by atoms with Crippen LogP contribution in [0.1, 0.15) is 31.1 Å². The monoisotopic (exact) mass is 353 g/mol.